The molecule has 86 valence electrons. The largest absolute Gasteiger partial charge is 0.468 e. The Morgan fingerprint density at radius 3 is 2.80 bits per heavy atom. The van der Waals surface area contributed by atoms with Gasteiger partial charge in [0.15, 0.2) is 0 Å². The van der Waals surface area contributed by atoms with Crippen LogP contribution >= 0.6 is 0 Å². The summed E-state index contributed by atoms with van der Waals surface area (Å²) in [4.78, 5) is 11.8. The Kier molecular flexibility index (Phi) is 2.98. The van der Waals surface area contributed by atoms with Crippen molar-refractivity contribution in [1.82, 2.24) is 5.32 Å². The van der Waals surface area contributed by atoms with Crippen molar-refractivity contribution < 1.29 is 14.3 Å². The van der Waals surface area contributed by atoms with Gasteiger partial charge in [-0.1, -0.05) is 0 Å². The van der Waals surface area contributed by atoms with Crippen molar-refractivity contribution in [2.75, 3.05) is 20.3 Å². The summed E-state index contributed by atoms with van der Waals surface area (Å²) in [5.41, 5.74) is -0.600. The highest BCUT2D eigenvalue weighted by Crippen LogP contribution is 2.32. The molecule has 1 N–H and O–H groups in total. The predicted molar refractivity (Wildman–Crippen MR) is 55.5 cm³/mol. The SMILES string of the molecule is COC(=O)C1(NCC2CC2)CCOC1C. The Morgan fingerprint density at radius 2 is 2.33 bits per heavy atom. The van der Waals surface area contributed by atoms with Crippen LogP contribution in [-0.4, -0.2) is 37.9 Å². The lowest BCUT2D eigenvalue weighted by Crippen LogP contribution is -2.57. The van der Waals surface area contributed by atoms with Crippen LogP contribution in [-0.2, 0) is 14.3 Å². The Bertz CT molecular complexity index is 252. The van der Waals surface area contributed by atoms with Crippen molar-refractivity contribution in [3.8, 4) is 0 Å². The van der Waals surface area contributed by atoms with Crippen molar-refractivity contribution in [3.05, 3.63) is 0 Å². The first kappa shape index (κ1) is 10.9. The number of rotatable bonds is 4. The third-order valence-electron chi connectivity index (χ3n) is 3.51. The van der Waals surface area contributed by atoms with E-state index in [1.54, 1.807) is 0 Å². The minimum absolute atomic E-state index is 0.0938. The molecule has 1 saturated heterocycles. The van der Waals surface area contributed by atoms with Gasteiger partial charge in [-0.2, -0.15) is 0 Å². The quantitative estimate of drug-likeness (QED) is 0.699. The van der Waals surface area contributed by atoms with Gasteiger partial charge in [0.25, 0.3) is 0 Å². The molecule has 4 heteroatoms. The molecule has 2 fully saturated rings. The number of methoxy groups -OCH3 is 1. The lowest BCUT2D eigenvalue weighted by atomic mass is 9.92. The number of hydrogen-bond acceptors (Lipinski definition) is 4. The molecule has 1 saturated carbocycles. The Morgan fingerprint density at radius 1 is 1.60 bits per heavy atom. The van der Waals surface area contributed by atoms with Crippen molar-refractivity contribution in [2.45, 2.75) is 37.8 Å². The van der Waals surface area contributed by atoms with Gasteiger partial charge in [0, 0.05) is 13.0 Å². The zero-order chi connectivity index (χ0) is 10.9. The van der Waals surface area contributed by atoms with Gasteiger partial charge >= 0.3 is 5.97 Å². The van der Waals surface area contributed by atoms with E-state index < -0.39 is 5.54 Å². The molecule has 2 atom stereocenters. The minimum atomic E-state index is -0.600. The molecule has 4 nitrogen and oxygen atoms in total. The van der Waals surface area contributed by atoms with Crippen LogP contribution in [0.5, 0.6) is 0 Å². The van der Waals surface area contributed by atoms with Crippen LogP contribution in [0.25, 0.3) is 0 Å². The van der Waals surface area contributed by atoms with E-state index in [0.29, 0.717) is 13.0 Å². The van der Waals surface area contributed by atoms with Crippen molar-refractivity contribution in [3.63, 3.8) is 0 Å². The monoisotopic (exact) mass is 213 g/mol. The number of esters is 1. The molecule has 0 aromatic rings. The number of hydrogen-bond donors (Lipinski definition) is 1. The average Bonchev–Trinajstić information content (AvgIpc) is 3.00. The van der Waals surface area contributed by atoms with Crippen molar-refractivity contribution in [1.29, 1.82) is 0 Å². The maximum atomic E-state index is 11.8. The molecule has 1 aliphatic carbocycles. The fraction of sp³-hybridized carbons (Fsp3) is 0.909. The molecular formula is C11H19NO3. The van der Waals surface area contributed by atoms with Gasteiger partial charge in [0.1, 0.15) is 5.54 Å². The Hall–Kier alpha value is -0.610. The predicted octanol–water partition coefficient (Wildman–Crippen LogP) is 0.707. The van der Waals surface area contributed by atoms with Crippen LogP contribution in [0.15, 0.2) is 0 Å². The Labute approximate surface area is 90.3 Å². The third kappa shape index (κ3) is 2.01. The zero-order valence-electron chi connectivity index (χ0n) is 9.41. The molecule has 1 aliphatic heterocycles. The summed E-state index contributed by atoms with van der Waals surface area (Å²) in [6.45, 7) is 3.47. The molecular weight excluding hydrogens is 194 g/mol. The summed E-state index contributed by atoms with van der Waals surface area (Å²) in [6, 6.07) is 0. The van der Waals surface area contributed by atoms with Gasteiger partial charge in [-0.15, -0.1) is 0 Å². The molecule has 2 aliphatic rings. The summed E-state index contributed by atoms with van der Waals surface area (Å²) in [7, 11) is 1.44. The van der Waals surface area contributed by atoms with E-state index >= 15 is 0 Å². The second kappa shape index (κ2) is 4.10. The van der Waals surface area contributed by atoms with E-state index in [9.17, 15) is 4.79 Å². The van der Waals surface area contributed by atoms with E-state index in [0.717, 1.165) is 12.5 Å². The molecule has 15 heavy (non-hydrogen) atoms. The summed E-state index contributed by atoms with van der Waals surface area (Å²) in [6.07, 6.45) is 3.18. The molecule has 0 amide bonds. The lowest BCUT2D eigenvalue weighted by Gasteiger charge is -2.30. The summed E-state index contributed by atoms with van der Waals surface area (Å²) < 4.78 is 10.4. The first-order chi connectivity index (χ1) is 7.19. The van der Waals surface area contributed by atoms with Gasteiger partial charge in [0.05, 0.1) is 13.2 Å². The standard InChI is InChI=1S/C11H19NO3/c1-8-11(5-6-15-8,10(13)14-2)12-7-9-3-4-9/h8-9,12H,3-7H2,1-2H3. The van der Waals surface area contributed by atoms with Gasteiger partial charge in [-0.3, -0.25) is 5.32 Å². The van der Waals surface area contributed by atoms with E-state index in [1.807, 2.05) is 6.92 Å². The number of nitrogens with one attached hydrogen (secondary N) is 1. The highest BCUT2D eigenvalue weighted by Gasteiger charge is 2.49. The summed E-state index contributed by atoms with van der Waals surface area (Å²) >= 11 is 0. The van der Waals surface area contributed by atoms with E-state index in [1.165, 1.54) is 20.0 Å². The molecule has 0 radical (unpaired) electrons. The molecule has 2 rings (SSSR count). The molecule has 0 bridgehead atoms. The number of carbonyl (C=O) groups excluding carboxylic acids is 1. The van der Waals surface area contributed by atoms with Crippen molar-refractivity contribution >= 4 is 5.97 Å². The minimum Gasteiger partial charge on any atom is -0.468 e. The summed E-state index contributed by atoms with van der Waals surface area (Å²) in [5, 5.41) is 3.36. The number of ether oxygens (including phenoxy) is 2. The normalized spacial score (nSPS) is 35.5. The lowest BCUT2D eigenvalue weighted by molar-refractivity contribution is -0.150. The van der Waals surface area contributed by atoms with Crippen LogP contribution in [0, 0.1) is 5.92 Å². The second-order valence-electron chi connectivity index (χ2n) is 4.55. The van der Waals surface area contributed by atoms with Crippen LogP contribution in [0.2, 0.25) is 0 Å². The van der Waals surface area contributed by atoms with Crippen LogP contribution < -0.4 is 5.32 Å². The molecule has 1 heterocycles. The van der Waals surface area contributed by atoms with Crippen LogP contribution in [0.3, 0.4) is 0 Å². The van der Waals surface area contributed by atoms with Crippen LogP contribution in [0.1, 0.15) is 26.2 Å². The fourth-order valence-corrected chi connectivity index (χ4v) is 2.15. The Balaban J connectivity index is 2.02. The first-order valence-corrected chi connectivity index (χ1v) is 5.64. The second-order valence-corrected chi connectivity index (χ2v) is 4.55. The van der Waals surface area contributed by atoms with Gasteiger partial charge in [-0.05, 0) is 32.2 Å². The smallest absolute Gasteiger partial charge is 0.328 e. The third-order valence-corrected chi connectivity index (χ3v) is 3.51. The molecule has 0 spiro atoms. The van der Waals surface area contributed by atoms with Crippen LogP contribution in [0.4, 0.5) is 0 Å². The van der Waals surface area contributed by atoms with E-state index in [-0.39, 0.29) is 12.1 Å². The zero-order valence-corrected chi connectivity index (χ0v) is 9.41. The van der Waals surface area contributed by atoms with E-state index in [2.05, 4.69) is 5.32 Å². The molecule has 0 aromatic heterocycles. The maximum absolute atomic E-state index is 11.8. The maximum Gasteiger partial charge on any atom is 0.328 e. The number of carbonyl (C=O) groups is 1. The molecule has 2 unspecified atom stereocenters. The highest BCUT2D eigenvalue weighted by atomic mass is 16.5. The van der Waals surface area contributed by atoms with Gasteiger partial charge in [-0.25, -0.2) is 4.79 Å². The van der Waals surface area contributed by atoms with Gasteiger partial charge in [0.2, 0.25) is 0 Å². The summed E-state index contributed by atoms with van der Waals surface area (Å²) in [5.74, 6) is 0.562. The first-order valence-electron chi connectivity index (χ1n) is 5.64. The van der Waals surface area contributed by atoms with Crippen molar-refractivity contribution in [2.24, 2.45) is 5.92 Å². The molecule has 0 aromatic carbocycles. The topological polar surface area (TPSA) is 47.6 Å². The average molecular weight is 213 g/mol. The fourth-order valence-electron chi connectivity index (χ4n) is 2.15. The van der Waals surface area contributed by atoms with E-state index in [4.69, 9.17) is 9.47 Å². The van der Waals surface area contributed by atoms with Gasteiger partial charge < -0.3 is 9.47 Å². The highest BCUT2D eigenvalue weighted by molar-refractivity contribution is 5.82.